The van der Waals surface area contributed by atoms with Gasteiger partial charge in [-0.2, -0.15) is 0 Å². The summed E-state index contributed by atoms with van der Waals surface area (Å²) in [5, 5.41) is 41.5. The highest BCUT2D eigenvalue weighted by Gasteiger charge is 2.49. The van der Waals surface area contributed by atoms with Crippen LogP contribution in [0.25, 0.3) is 16.5 Å². The Bertz CT molecular complexity index is 1830. The lowest BCUT2D eigenvalue weighted by atomic mass is 9.84. The van der Waals surface area contributed by atoms with Crippen molar-refractivity contribution >= 4 is 34.2 Å². The molecule has 0 aliphatic heterocycles. The highest BCUT2D eigenvalue weighted by atomic mass is 16.5. The summed E-state index contributed by atoms with van der Waals surface area (Å²) in [5.74, 6) is -4.44. The number of aliphatic hydroxyl groups excluding tert-OH is 1. The molecule has 9 N–H and O–H groups in total. The summed E-state index contributed by atoms with van der Waals surface area (Å²) in [6, 6.07) is 20.6. The number of hydrogen-bond donors (Lipinski definition) is 8. The number of nitrogens with one attached hydrogen (secondary N) is 4. The Labute approximate surface area is 279 Å². The molecule has 5 rings (SSSR count). The smallest absolute Gasteiger partial charge is 0.248 e. The maximum absolute atomic E-state index is 14.1. The van der Waals surface area contributed by atoms with E-state index in [1.807, 2.05) is 55.5 Å². The molecule has 0 fully saturated rings. The molecule has 4 atom stereocenters. The minimum absolute atomic E-state index is 0.0383. The molecule has 0 unspecified atom stereocenters. The Morgan fingerprint density at radius 3 is 2.27 bits per heavy atom. The SMILES string of the molecule is CC1=C(C(=O)N[C@H](C)C(=O)N[C@@H](Cc2c[nH]c3ccccc23)C(=O)N[C@@H](Cc2ccccc2)C(O)(O)[C@@](C)(N)CO)Cc2ccccc21. The Morgan fingerprint density at radius 2 is 1.56 bits per heavy atom. The summed E-state index contributed by atoms with van der Waals surface area (Å²) in [5.41, 5.74) is 9.91. The topological polar surface area (TPSA) is 190 Å². The van der Waals surface area contributed by atoms with E-state index in [0.717, 1.165) is 33.2 Å². The number of aromatic nitrogens is 1. The molecule has 3 aromatic carbocycles. The van der Waals surface area contributed by atoms with Gasteiger partial charge in [0.2, 0.25) is 23.5 Å². The normalized spacial score (nSPS) is 16.1. The molecule has 11 nitrogen and oxygen atoms in total. The minimum Gasteiger partial charge on any atom is -0.394 e. The highest BCUT2D eigenvalue weighted by Crippen LogP contribution is 2.32. The van der Waals surface area contributed by atoms with Gasteiger partial charge in [0.25, 0.3) is 0 Å². The van der Waals surface area contributed by atoms with Gasteiger partial charge in [0.1, 0.15) is 12.1 Å². The number of para-hydroxylation sites is 1. The van der Waals surface area contributed by atoms with Gasteiger partial charge in [-0.05, 0) is 61.1 Å². The van der Waals surface area contributed by atoms with Crippen LogP contribution in [0.15, 0.2) is 90.6 Å². The number of carbonyl (C=O) groups is 3. The van der Waals surface area contributed by atoms with Gasteiger partial charge in [-0.25, -0.2) is 0 Å². The van der Waals surface area contributed by atoms with Crippen molar-refractivity contribution in [3.8, 4) is 0 Å². The lowest BCUT2D eigenvalue weighted by Crippen LogP contribution is -2.71. The molecular weight excluding hydrogens is 610 g/mol. The van der Waals surface area contributed by atoms with Crippen molar-refractivity contribution in [2.24, 2.45) is 5.73 Å². The first-order chi connectivity index (χ1) is 22.8. The maximum atomic E-state index is 14.1. The van der Waals surface area contributed by atoms with Crippen molar-refractivity contribution in [2.75, 3.05) is 6.61 Å². The standard InChI is InChI=1S/C37H43N5O6/c1-22-27-14-8-7-13-25(27)18-29(22)34(45)40-23(2)33(44)41-31(19-26-20-39-30-16-10-9-15-28(26)30)35(46)42-32(17-24-11-5-4-6-12-24)37(47,48)36(3,38)21-43/h4-16,20,23,31-32,39,43,47-48H,17-19,21,38H2,1-3H3,(H,40,45)(H,41,44)(H,42,46)/t23-,31+,32+,36+/m1/s1. The van der Waals surface area contributed by atoms with Gasteiger partial charge in [0.05, 0.1) is 18.2 Å². The third-order valence-electron chi connectivity index (χ3n) is 9.24. The van der Waals surface area contributed by atoms with Crippen molar-refractivity contribution in [3.63, 3.8) is 0 Å². The lowest BCUT2D eigenvalue weighted by Gasteiger charge is -2.42. The first-order valence-corrected chi connectivity index (χ1v) is 16.0. The number of allylic oxidation sites excluding steroid dienone is 1. The van der Waals surface area contributed by atoms with Crippen LogP contribution < -0.4 is 21.7 Å². The van der Waals surface area contributed by atoms with Crippen LogP contribution in [0.5, 0.6) is 0 Å². The summed E-state index contributed by atoms with van der Waals surface area (Å²) in [6.45, 7) is 3.91. The lowest BCUT2D eigenvalue weighted by molar-refractivity contribution is -0.232. The summed E-state index contributed by atoms with van der Waals surface area (Å²) < 4.78 is 0. The van der Waals surface area contributed by atoms with Crippen LogP contribution in [-0.2, 0) is 33.6 Å². The second kappa shape index (κ2) is 14.1. The van der Waals surface area contributed by atoms with Crippen LogP contribution in [0.2, 0.25) is 0 Å². The Hall–Kier alpha value is -4.81. The van der Waals surface area contributed by atoms with E-state index in [4.69, 9.17) is 5.73 Å². The molecular formula is C37H43N5O6. The molecule has 1 aliphatic rings. The minimum atomic E-state index is -2.76. The number of H-pyrrole nitrogens is 1. The zero-order valence-electron chi connectivity index (χ0n) is 27.3. The van der Waals surface area contributed by atoms with E-state index in [0.29, 0.717) is 17.6 Å². The molecule has 3 amide bonds. The van der Waals surface area contributed by atoms with Crippen LogP contribution in [-0.4, -0.2) is 74.1 Å². The van der Waals surface area contributed by atoms with Crippen LogP contribution in [0.4, 0.5) is 0 Å². The predicted octanol–water partition coefficient (Wildman–Crippen LogP) is 1.85. The third-order valence-corrected chi connectivity index (χ3v) is 9.24. The highest BCUT2D eigenvalue weighted by molar-refractivity contribution is 6.05. The van der Waals surface area contributed by atoms with E-state index in [-0.39, 0.29) is 18.7 Å². The Kier molecular flexibility index (Phi) is 10.2. The number of amides is 3. The summed E-state index contributed by atoms with van der Waals surface area (Å²) in [6.07, 6.45) is 2.21. The van der Waals surface area contributed by atoms with Crippen LogP contribution >= 0.6 is 0 Å². The average molecular weight is 654 g/mol. The Balaban J connectivity index is 1.39. The zero-order valence-corrected chi connectivity index (χ0v) is 27.3. The predicted molar refractivity (Wildman–Crippen MR) is 183 cm³/mol. The van der Waals surface area contributed by atoms with E-state index in [2.05, 4.69) is 20.9 Å². The maximum Gasteiger partial charge on any atom is 0.248 e. The van der Waals surface area contributed by atoms with E-state index >= 15 is 0 Å². The van der Waals surface area contributed by atoms with E-state index < -0.39 is 47.9 Å². The molecule has 1 aromatic heterocycles. The first kappa shape index (κ1) is 34.5. The van der Waals surface area contributed by atoms with Gasteiger partial charge >= 0.3 is 0 Å². The van der Waals surface area contributed by atoms with Crippen LogP contribution in [0.1, 0.15) is 43.0 Å². The van der Waals surface area contributed by atoms with Crippen LogP contribution in [0, 0.1) is 0 Å². The fourth-order valence-corrected chi connectivity index (χ4v) is 6.08. The molecule has 1 heterocycles. The van der Waals surface area contributed by atoms with Gasteiger partial charge in [0.15, 0.2) is 0 Å². The molecule has 1 aliphatic carbocycles. The number of rotatable bonds is 13. The molecule has 0 saturated heterocycles. The quantitative estimate of drug-likeness (QED) is 0.101. The van der Waals surface area contributed by atoms with Crippen molar-refractivity contribution in [3.05, 3.63) is 113 Å². The largest absolute Gasteiger partial charge is 0.394 e. The van der Waals surface area contributed by atoms with E-state index in [1.165, 1.54) is 13.8 Å². The van der Waals surface area contributed by atoms with Crippen molar-refractivity contribution < 1.29 is 29.7 Å². The second-order valence-corrected chi connectivity index (χ2v) is 12.8. The number of nitrogens with two attached hydrogens (primary N) is 1. The fourth-order valence-electron chi connectivity index (χ4n) is 6.08. The summed E-state index contributed by atoms with van der Waals surface area (Å²) in [7, 11) is 0. The molecule has 252 valence electrons. The molecule has 0 bridgehead atoms. The number of benzene rings is 3. The van der Waals surface area contributed by atoms with Crippen LogP contribution in [0.3, 0.4) is 0 Å². The second-order valence-electron chi connectivity index (χ2n) is 12.8. The monoisotopic (exact) mass is 653 g/mol. The number of fused-ring (bicyclic) bond motifs is 2. The number of hydrogen-bond acceptors (Lipinski definition) is 7. The molecule has 0 saturated carbocycles. The van der Waals surface area contributed by atoms with Gasteiger partial charge < -0.3 is 42.0 Å². The number of aliphatic hydroxyl groups is 3. The van der Waals surface area contributed by atoms with Crippen molar-refractivity contribution in [1.82, 2.24) is 20.9 Å². The van der Waals surface area contributed by atoms with Crippen molar-refractivity contribution in [1.29, 1.82) is 0 Å². The summed E-state index contributed by atoms with van der Waals surface area (Å²) >= 11 is 0. The molecule has 4 aromatic rings. The van der Waals surface area contributed by atoms with Gasteiger partial charge in [-0.1, -0.05) is 72.8 Å². The van der Waals surface area contributed by atoms with E-state index in [9.17, 15) is 29.7 Å². The molecule has 0 radical (unpaired) electrons. The molecule has 11 heteroatoms. The average Bonchev–Trinajstić information content (AvgIpc) is 3.64. The van der Waals surface area contributed by atoms with Crippen molar-refractivity contribution in [2.45, 2.75) is 69.5 Å². The van der Waals surface area contributed by atoms with E-state index in [1.54, 1.807) is 36.5 Å². The number of carbonyl (C=O) groups excluding carboxylic acids is 3. The fraction of sp³-hybridized carbons (Fsp3) is 0.324. The molecule has 48 heavy (non-hydrogen) atoms. The first-order valence-electron chi connectivity index (χ1n) is 16.0. The molecule has 0 spiro atoms. The van der Waals surface area contributed by atoms with Gasteiger partial charge in [0, 0.05) is 35.5 Å². The number of aromatic amines is 1. The summed E-state index contributed by atoms with van der Waals surface area (Å²) in [4.78, 5) is 44.1. The van der Waals surface area contributed by atoms with Gasteiger partial charge in [-0.3, -0.25) is 14.4 Å². The third kappa shape index (κ3) is 7.19. The zero-order chi connectivity index (χ0) is 34.6. The van der Waals surface area contributed by atoms with Gasteiger partial charge in [-0.15, -0.1) is 0 Å². The Morgan fingerprint density at radius 1 is 0.896 bits per heavy atom.